The van der Waals surface area contributed by atoms with Gasteiger partial charge in [0.2, 0.25) is 0 Å². The number of nitrogens with one attached hydrogen (secondary N) is 2. The largest absolute Gasteiger partial charge is 0.357 e. The van der Waals surface area contributed by atoms with E-state index in [-0.39, 0.29) is 29.8 Å². The molecule has 0 saturated carbocycles. The van der Waals surface area contributed by atoms with Crippen LogP contribution in [0.4, 0.5) is 10.2 Å². The van der Waals surface area contributed by atoms with Crippen molar-refractivity contribution in [2.75, 3.05) is 31.6 Å². The summed E-state index contributed by atoms with van der Waals surface area (Å²) in [4.78, 5) is 10.9. The highest BCUT2D eigenvalue weighted by atomic mass is 127. The Bertz CT molecular complexity index is 702. The van der Waals surface area contributed by atoms with E-state index in [1.807, 2.05) is 18.3 Å². The molecule has 0 saturated heterocycles. The summed E-state index contributed by atoms with van der Waals surface area (Å²) in [6.45, 7) is 7.37. The third-order valence-corrected chi connectivity index (χ3v) is 4.22. The molecule has 1 aromatic heterocycles. The van der Waals surface area contributed by atoms with Crippen molar-refractivity contribution in [2.45, 2.75) is 26.8 Å². The van der Waals surface area contributed by atoms with Crippen molar-refractivity contribution in [3.8, 4) is 0 Å². The summed E-state index contributed by atoms with van der Waals surface area (Å²) in [6.07, 6.45) is 2.49. The molecule has 2 N–H and O–H groups in total. The quantitative estimate of drug-likeness (QED) is 0.341. The first-order chi connectivity index (χ1) is 12.7. The number of nitrogens with zero attached hydrogens (tertiary/aromatic N) is 3. The van der Waals surface area contributed by atoms with Crippen molar-refractivity contribution in [1.29, 1.82) is 0 Å². The fraction of sp³-hybridized carbons (Fsp3) is 0.400. The molecule has 0 atom stereocenters. The molecule has 7 heteroatoms. The summed E-state index contributed by atoms with van der Waals surface area (Å²) in [5.74, 6) is 1.51. The number of pyridine rings is 1. The summed E-state index contributed by atoms with van der Waals surface area (Å²) >= 11 is 0. The minimum absolute atomic E-state index is 0. The van der Waals surface area contributed by atoms with Gasteiger partial charge in [-0.25, -0.2) is 9.37 Å². The second-order valence-corrected chi connectivity index (χ2v) is 5.89. The van der Waals surface area contributed by atoms with Crippen LogP contribution in [0.1, 0.15) is 25.0 Å². The van der Waals surface area contributed by atoms with Crippen LogP contribution in [0, 0.1) is 5.82 Å². The van der Waals surface area contributed by atoms with Crippen molar-refractivity contribution >= 4 is 35.8 Å². The topological polar surface area (TPSA) is 52.5 Å². The molecule has 2 rings (SSSR count). The average Bonchev–Trinajstić information content (AvgIpc) is 2.68. The zero-order valence-electron chi connectivity index (χ0n) is 16.2. The van der Waals surface area contributed by atoms with Crippen LogP contribution < -0.4 is 15.5 Å². The number of benzene rings is 1. The summed E-state index contributed by atoms with van der Waals surface area (Å²) in [5.41, 5.74) is 1.78. The van der Waals surface area contributed by atoms with Gasteiger partial charge in [0, 0.05) is 39.4 Å². The first-order valence-corrected chi connectivity index (χ1v) is 9.05. The highest BCUT2D eigenvalue weighted by molar-refractivity contribution is 14.0. The zero-order valence-corrected chi connectivity index (χ0v) is 18.5. The maximum absolute atomic E-state index is 13.6. The number of hydrogen-bond acceptors (Lipinski definition) is 3. The van der Waals surface area contributed by atoms with Crippen LogP contribution in [-0.4, -0.2) is 37.6 Å². The van der Waals surface area contributed by atoms with E-state index in [1.54, 1.807) is 19.2 Å². The molecular formula is C20H29FIN5. The average molecular weight is 485 g/mol. The summed E-state index contributed by atoms with van der Waals surface area (Å²) in [6, 6.07) is 10.9. The fourth-order valence-electron chi connectivity index (χ4n) is 2.68. The Kier molecular flexibility index (Phi) is 10.7. The number of aromatic nitrogens is 1. The van der Waals surface area contributed by atoms with Gasteiger partial charge in [0.15, 0.2) is 5.96 Å². The Labute approximate surface area is 178 Å². The number of rotatable bonds is 8. The van der Waals surface area contributed by atoms with Crippen LogP contribution >= 0.6 is 24.0 Å². The van der Waals surface area contributed by atoms with Gasteiger partial charge in [0.25, 0.3) is 0 Å². The van der Waals surface area contributed by atoms with Gasteiger partial charge in [0.1, 0.15) is 11.6 Å². The van der Waals surface area contributed by atoms with Crippen molar-refractivity contribution in [3.63, 3.8) is 0 Å². The predicted octanol–water partition coefficient (Wildman–Crippen LogP) is 3.59. The van der Waals surface area contributed by atoms with Crippen molar-refractivity contribution in [2.24, 2.45) is 4.99 Å². The molecule has 0 bridgehead atoms. The lowest BCUT2D eigenvalue weighted by Gasteiger charge is -2.19. The van der Waals surface area contributed by atoms with E-state index in [9.17, 15) is 4.39 Å². The monoisotopic (exact) mass is 485 g/mol. The number of halogens is 2. The number of aliphatic imine (C=N–C) groups is 1. The molecule has 0 aliphatic heterocycles. The van der Waals surface area contributed by atoms with E-state index in [2.05, 4.69) is 45.4 Å². The molecule has 0 aliphatic carbocycles. The Morgan fingerprint density at radius 1 is 1.11 bits per heavy atom. The van der Waals surface area contributed by atoms with Gasteiger partial charge < -0.3 is 15.5 Å². The standard InChI is InChI=1S/C20H28FN5.HI/c1-4-26(5-2)19-11-10-16(14-24-19)15-25-20(22-3)23-13-12-17-8-6-7-9-18(17)21;/h6-11,14H,4-5,12-13,15H2,1-3H3,(H2,22,23,25);1H. The van der Waals surface area contributed by atoms with Crippen molar-refractivity contribution in [3.05, 3.63) is 59.5 Å². The summed E-state index contributed by atoms with van der Waals surface area (Å²) in [5, 5.41) is 6.46. The highest BCUT2D eigenvalue weighted by Gasteiger charge is 2.04. The molecule has 148 valence electrons. The minimum Gasteiger partial charge on any atom is -0.357 e. The number of anilines is 1. The van der Waals surface area contributed by atoms with Gasteiger partial charge in [-0.1, -0.05) is 24.3 Å². The van der Waals surface area contributed by atoms with Crippen molar-refractivity contribution < 1.29 is 4.39 Å². The van der Waals surface area contributed by atoms with Gasteiger partial charge in [-0.3, -0.25) is 4.99 Å². The van der Waals surface area contributed by atoms with E-state index in [4.69, 9.17) is 0 Å². The van der Waals surface area contributed by atoms with E-state index in [1.165, 1.54) is 6.07 Å². The van der Waals surface area contributed by atoms with Gasteiger partial charge in [-0.05, 0) is 43.5 Å². The van der Waals surface area contributed by atoms with Crippen molar-refractivity contribution in [1.82, 2.24) is 15.6 Å². The van der Waals surface area contributed by atoms with E-state index in [0.29, 0.717) is 31.0 Å². The molecule has 5 nitrogen and oxygen atoms in total. The first-order valence-electron chi connectivity index (χ1n) is 9.05. The minimum atomic E-state index is -0.170. The maximum Gasteiger partial charge on any atom is 0.191 e. The lowest BCUT2D eigenvalue weighted by Crippen LogP contribution is -2.38. The van der Waals surface area contributed by atoms with Crippen LogP contribution in [0.2, 0.25) is 0 Å². The van der Waals surface area contributed by atoms with Crippen LogP contribution in [0.3, 0.4) is 0 Å². The normalized spacial score (nSPS) is 10.9. The second-order valence-electron chi connectivity index (χ2n) is 5.89. The highest BCUT2D eigenvalue weighted by Crippen LogP contribution is 2.10. The molecule has 0 spiro atoms. The van der Waals surface area contributed by atoms with Crippen LogP contribution in [-0.2, 0) is 13.0 Å². The van der Waals surface area contributed by atoms with Crippen LogP contribution in [0.15, 0.2) is 47.6 Å². The Morgan fingerprint density at radius 2 is 1.85 bits per heavy atom. The molecule has 0 amide bonds. The van der Waals surface area contributed by atoms with E-state index < -0.39 is 0 Å². The second kappa shape index (κ2) is 12.5. The lowest BCUT2D eigenvalue weighted by atomic mass is 10.1. The molecule has 0 fully saturated rings. The molecule has 1 aromatic carbocycles. The lowest BCUT2D eigenvalue weighted by molar-refractivity contribution is 0.606. The van der Waals surface area contributed by atoms with E-state index in [0.717, 1.165) is 24.5 Å². The van der Waals surface area contributed by atoms with Gasteiger partial charge >= 0.3 is 0 Å². The number of hydrogen-bond donors (Lipinski definition) is 2. The molecule has 0 aliphatic rings. The van der Waals surface area contributed by atoms with E-state index >= 15 is 0 Å². The first kappa shape index (κ1) is 23.1. The smallest absolute Gasteiger partial charge is 0.191 e. The number of guanidine groups is 1. The van der Waals surface area contributed by atoms with Gasteiger partial charge in [-0.2, -0.15) is 0 Å². The molecule has 0 radical (unpaired) electrons. The molecule has 1 heterocycles. The van der Waals surface area contributed by atoms with Crippen LogP contribution in [0.5, 0.6) is 0 Å². The molecule has 27 heavy (non-hydrogen) atoms. The predicted molar refractivity (Wildman–Crippen MR) is 122 cm³/mol. The third-order valence-electron chi connectivity index (χ3n) is 4.22. The third kappa shape index (κ3) is 7.32. The summed E-state index contributed by atoms with van der Waals surface area (Å²) < 4.78 is 13.6. The van der Waals surface area contributed by atoms with Gasteiger partial charge in [0.05, 0.1) is 0 Å². The Hall–Kier alpha value is -1.90. The SMILES string of the molecule is CCN(CC)c1ccc(CNC(=NC)NCCc2ccccc2F)cn1.I. The zero-order chi connectivity index (χ0) is 18.8. The molecule has 0 unspecified atom stereocenters. The maximum atomic E-state index is 13.6. The summed E-state index contributed by atoms with van der Waals surface area (Å²) in [7, 11) is 1.72. The Balaban J connectivity index is 0.00000364. The molecular weight excluding hydrogens is 456 g/mol. The van der Waals surface area contributed by atoms with Gasteiger partial charge in [-0.15, -0.1) is 24.0 Å². The fourth-order valence-corrected chi connectivity index (χ4v) is 2.68. The van der Waals surface area contributed by atoms with Crippen LogP contribution in [0.25, 0.3) is 0 Å². The molecule has 2 aromatic rings. The Morgan fingerprint density at radius 3 is 2.44 bits per heavy atom.